The summed E-state index contributed by atoms with van der Waals surface area (Å²) in [6.07, 6.45) is 3.25. The Kier molecular flexibility index (Phi) is 4.42. The van der Waals surface area contributed by atoms with Crippen molar-refractivity contribution >= 4 is 23.6 Å². The van der Waals surface area contributed by atoms with Gasteiger partial charge in [0, 0.05) is 11.9 Å². The highest BCUT2D eigenvalue weighted by atomic mass is 32.2. The van der Waals surface area contributed by atoms with E-state index in [1.807, 2.05) is 6.92 Å². The SMILES string of the molecule is CCCC1SCC(C(=O)O)N1C(=O)c1ccccn1. The van der Waals surface area contributed by atoms with Gasteiger partial charge < -0.3 is 10.0 Å². The smallest absolute Gasteiger partial charge is 0.327 e. The van der Waals surface area contributed by atoms with Gasteiger partial charge in [0.25, 0.3) is 5.91 Å². The van der Waals surface area contributed by atoms with Gasteiger partial charge in [0.15, 0.2) is 0 Å². The lowest BCUT2D eigenvalue weighted by molar-refractivity contribution is -0.141. The molecule has 1 aromatic heterocycles. The quantitative estimate of drug-likeness (QED) is 0.911. The highest BCUT2D eigenvalue weighted by molar-refractivity contribution is 8.00. The van der Waals surface area contributed by atoms with Crippen LogP contribution in [0.3, 0.4) is 0 Å². The second kappa shape index (κ2) is 6.06. The van der Waals surface area contributed by atoms with Crippen molar-refractivity contribution in [3.63, 3.8) is 0 Å². The van der Waals surface area contributed by atoms with Gasteiger partial charge in [0.1, 0.15) is 11.7 Å². The first-order chi connectivity index (χ1) is 9.15. The number of hydrogen-bond donors (Lipinski definition) is 1. The molecule has 6 heteroatoms. The Labute approximate surface area is 116 Å². The minimum Gasteiger partial charge on any atom is -0.480 e. The van der Waals surface area contributed by atoms with Crippen LogP contribution < -0.4 is 0 Å². The second-order valence-electron chi connectivity index (χ2n) is 4.36. The predicted molar refractivity (Wildman–Crippen MR) is 73.0 cm³/mol. The van der Waals surface area contributed by atoms with Gasteiger partial charge in [-0.3, -0.25) is 9.78 Å². The zero-order valence-electron chi connectivity index (χ0n) is 10.7. The lowest BCUT2D eigenvalue weighted by atomic mass is 10.2. The summed E-state index contributed by atoms with van der Waals surface area (Å²) in [6.45, 7) is 2.03. The zero-order chi connectivity index (χ0) is 13.8. The van der Waals surface area contributed by atoms with E-state index in [-0.39, 0.29) is 11.3 Å². The molecule has 19 heavy (non-hydrogen) atoms. The first-order valence-corrected chi connectivity index (χ1v) is 7.28. The predicted octanol–water partition coefficient (Wildman–Crippen LogP) is 1.85. The molecule has 0 spiro atoms. The van der Waals surface area contributed by atoms with Crippen molar-refractivity contribution in [1.82, 2.24) is 9.88 Å². The lowest BCUT2D eigenvalue weighted by Gasteiger charge is -2.26. The Morgan fingerprint density at radius 3 is 2.89 bits per heavy atom. The van der Waals surface area contributed by atoms with Crippen LogP contribution in [0.2, 0.25) is 0 Å². The van der Waals surface area contributed by atoms with Crippen molar-refractivity contribution in [2.45, 2.75) is 31.2 Å². The van der Waals surface area contributed by atoms with Gasteiger partial charge in [-0.05, 0) is 18.6 Å². The third kappa shape index (κ3) is 2.89. The Morgan fingerprint density at radius 1 is 1.53 bits per heavy atom. The van der Waals surface area contributed by atoms with E-state index in [1.165, 1.54) is 16.7 Å². The molecule has 1 amide bonds. The number of nitrogens with zero attached hydrogens (tertiary/aromatic N) is 2. The highest BCUT2D eigenvalue weighted by Gasteiger charge is 2.41. The van der Waals surface area contributed by atoms with E-state index in [1.54, 1.807) is 24.4 Å². The first-order valence-electron chi connectivity index (χ1n) is 6.23. The molecule has 1 saturated heterocycles. The van der Waals surface area contributed by atoms with E-state index < -0.39 is 12.0 Å². The van der Waals surface area contributed by atoms with Crippen molar-refractivity contribution in [3.8, 4) is 0 Å². The summed E-state index contributed by atoms with van der Waals surface area (Å²) in [5.41, 5.74) is 0.303. The van der Waals surface area contributed by atoms with E-state index in [4.69, 9.17) is 0 Å². The van der Waals surface area contributed by atoms with E-state index in [2.05, 4.69) is 4.98 Å². The molecule has 2 heterocycles. The second-order valence-corrected chi connectivity index (χ2v) is 5.57. The van der Waals surface area contributed by atoms with Crippen LogP contribution in [0, 0.1) is 0 Å². The number of carboxylic acid groups (broad SMARTS) is 1. The van der Waals surface area contributed by atoms with Crippen LogP contribution in [0.25, 0.3) is 0 Å². The Balaban J connectivity index is 2.26. The van der Waals surface area contributed by atoms with Crippen LogP contribution in [0.5, 0.6) is 0 Å². The summed E-state index contributed by atoms with van der Waals surface area (Å²) in [5, 5.41) is 9.17. The number of thioether (sulfide) groups is 1. The molecule has 1 fully saturated rings. The number of carboxylic acids is 1. The average Bonchev–Trinajstić information content (AvgIpc) is 2.83. The van der Waals surface area contributed by atoms with Crippen molar-refractivity contribution < 1.29 is 14.7 Å². The molecular weight excluding hydrogens is 264 g/mol. The normalized spacial score (nSPS) is 22.5. The topological polar surface area (TPSA) is 70.5 Å². The summed E-state index contributed by atoms with van der Waals surface area (Å²) in [4.78, 5) is 29.2. The van der Waals surface area contributed by atoms with E-state index in [0.29, 0.717) is 11.4 Å². The monoisotopic (exact) mass is 280 g/mol. The first kappa shape index (κ1) is 13.9. The van der Waals surface area contributed by atoms with Gasteiger partial charge in [-0.1, -0.05) is 19.4 Å². The van der Waals surface area contributed by atoms with Gasteiger partial charge in [0.2, 0.25) is 0 Å². The summed E-state index contributed by atoms with van der Waals surface area (Å²) in [7, 11) is 0. The van der Waals surface area contributed by atoms with E-state index >= 15 is 0 Å². The van der Waals surface area contributed by atoms with Crippen molar-refractivity contribution in [3.05, 3.63) is 30.1 Å². The standard InChI is InChI=1S/C13H16N2O3S/c1-2-5-11-15(10(8-19-11)13(17)18)12(16)9-6-3-4-7-14-9/h3-4,6-7,10-11H,2,5,8H2,1H3,(H,17,18). The van der Waals surface area contributed by atoms with Crippen molar-refractivity contribution in [2.24, 2.45) is 0 Å². The lowest BCUT2D eigenvalue weighted by Crippen LogP contribution is -2.45. The van der Waals surface area contributed by atoms with Gasteiger partial charge in [0.05, 0.1) is 5.37 Å². The van der Waals surface area contributed by atoms with E-state index in [9.17, 15) is 14.7 Å². The Morgan fingerprint density at radius 2 is 2.32 bits per heavy atom. The molecule has 0 aliphatic carbocycles. The maximum absolute atomic E-state index is 12.4. The molecule has 1 aliphatic rings. The summed E-state index contributed by atoms with van der Waals surface area (Å²) >= 11 is 1.53. The number of aliphatic carboxylic acids is 1. The van der Waals surface area contributed by atoms with Gasteiger partial charge in [-0.15, -0.1) is 11.8 Å². The number of rotatable bonds is 4. The van der Waals surface area contributed by atoms with Gasteiger partial charge >= 0.3 is 5.97 Å². The maximum atomic E-state index is 12.4. The molecule has 5 nitrogen and oxygen atoms in total. The fourth-order valence-electron chi connectivity index (χ4n) is 2.12. The number of carbonyl (C=O) groups excluding carboxylic acids is 1. The van der Waals surface area contributed by atoms with Crippen LogP contribution >= 0.6 is 11.8 Å². The number of aromatic nitrogens is 1. The summed E-state index contributed by atoms with van der Waals surface area (Å²) < 4.78 is 0. The minimum absolute atomic E-state index is 0.0689. The molecule has 102 valence electrons. The Bertz CT molecular complexity index is 466. The molecule has 0 saturated carbocycles. The molecule has 0 bridgehead atoms. The molecule has 2 unspecified atom stereocenters. The number of pyridine rings is 1. The number of amides is 1. The molecule has 2 atom stereocenters. The molecule has 2 rings (SSSR count). The zero-order valence-corrected chi connectivity index (χ0v) is 11.5. The molecule has 0 radical (unpaired) electrons. The largest absolute Gasteiger partial charge is 0.480 e. The average molecular weight is 280 g/mol. The number of carbonyl (C=O) groups is 2. The minimum atomic E-state index is -0.949. The molecular formula is C13H16N2O3S. The van der Waals surface area contributed by atoms with Crippen LogP contribution in [0.15, 0.2) is 24.4 Å². The highest BCUT2D eigenvalue weighted by Crippen LogP contribution is 2.33. The van der Waals surface area contributed by atoms with Gasteiger partial charge in [-0.25, -0.2) is 4.79 Å². The summed E-state index contributed by atoms with van der Waals surface area (Å²) in [6, 6.07) is 4.32. The third-order valence-corrected chi connectivity index (χ3v) is 4.39. The number of hydrogen-bond acceptors (Lipinski definition) is 4. The molecule has 1 aliphatic heterocycles. The van der Waals surface area contributed by atoms with Crippen LogP contribution in [0.1, 0.15) is 30.3 Å². The Hall–Kier alpha value is -1.56. The van der Waals surface area contributed by atoms with Crippen LogP contribution in [0.4, 0.5) is 0 Å². The molecule has 0 aromatic carbocycles. The van der Waals surface area contributed by atoms with Crippen LogP contribution in [-0.4, -0.2) is 44.0 Å². The van der Waals surface area contributed by atoms with Gasteiger partial charge in [-0.2, -0.15) is 0 Å². The van der Waals surface area contributed by atoms with E-state index in [0.717, 1.165) is 12.8 Å². The molecule has 1 aromatic rings. The maximum Gasteiger partial charge on any atom is 0.327 e. The summed E-state index contributed by atoms with van der Waals surface area (Å²) in [5.74, 6) is -0.801. The van der Waals surface area contributed by atoms with Crippen LogP contribution in [-0.2, 0) is 4.79 Å². The fraction of sp³-hybridized carbons (Fsp3) is 0.462. The fourth-order valence-corrected chi connectivity index (χ4v) is 3.63. The van der Waals surface area contributed by atoms with Crippen molar-refractivity contribution in [2.75, 3.05) is 5.75 Å². The van der Waals surface area contributed by atoms with Crippen molar-refractivity contribution in [1.29, 1.82) is 0 Å². The third-order valence-electron chi connectivity index (χ3n) is 3.03. The molecule has 1 N–H and O–H groups in total.